The highest BCUT2D eigenvalue weighted by Crippen LogP contribution is 2.47. The Morgan fingerprint density at radius 1 is 1.42 bits per heavy atom. The third kappa shape index (κ3) is 2.75. The van der Waals surface area contributed by atoms with E-state index in [-0.39, 0.29) is 0 Å². The van der Waals surface area contributed by atoms with E-state index in [0.29, 0.717) is 5.56 Å². The fourth-order valence-corrected chi connectivity index (χ4v) is 2.12. The summed E-state index contributed by atoms with van der Waals surface area (Å²) in [5, 5.41) is 37.3. The molecule has 0 bridgehead atoms. The van der Waals surface area contributed by atoms with Crippen molar-refractivity contribution in [3.8, 4) is 6.07 Å². The number of aliphatic hydroxyl groups is 2. The first kappa shape index (κ1) is 13.5. The van der Waals surface area contributed by atoms with Crippen LogP contribution in [0.3, 0.4) is 0 Å². The molecular weight excluding hydrogens is 246 g/mol. The Bertz CT molecular complexity index is 530. The highest BCUT2D eigenvalue weighted by molar-refractivity contribution is 5.67. The molecular formula is C14H15NO4. The van der Waals surface area contributed by atoms with E-state index in [1.807, 2.05) is 6.07 Å². The smallest absolute Gasteiger partial charge is 0.306 e. The predicted molar refractivity (Wildman–Crippen MR) is 66.2 cm³/mol. The molecule has 2 rings (SSSR count). The molecule has 1 aliphatic carbocycles. The van der Waals surface area contributed by atoms with E-state index in [2.05, 4.69) is 6.07 Å². The zero-order valence-corrected chi connectivity index (χ0v) is 10.3. The molecule has 0 aromatic heterocycles. The van der Waals surface area contributed by atoms with Crippen molar-refractivity contribution in [3.05, 3.63) is 35.4 Å². The van der Waals surface area contributed by atoms with Gasteiger partial charge in [0.15, 0.2) is 0 Å². The minimum Gasteiger partial charge on any atom is -0.481 e. The first-order valence-corrected chi connectivity index (χ1v) is 6.08. The average molecular weight is 261 g/mol. The van der Waals surface area contributed by atoms with Crippen molar-refractivity contribution in [2.75, 3.05) is 0 Å². The Balaban J connectivity index is 2.19. The van der Waals surface area contributed by atoms with E-state index >= 15 is 0 Å². The van der Waals surface area contributed by atoms with Gasteiger partial charge < -0.3 is 15.3 Å². The molecule has 0 radical (unpaired) electrons. The van der Waals surface area contributed by atoms with Crippen LogP contribution in [0.15, 0.2) is 24.3 Å². The summed E-state index contributed by atoms with van der Waals surface area (Å²) < 4.78 is 0. The van der Waals surface area contributed by atoms with Gasteiger partial charge >= 0.3 is 5.97 Å². The molecule has 0 heterocycles. The second kappa shape index (κ2) is 5.00. The Hall–Kier alpha value is -1.90. The summed E-state index contributed by atoms with van der Waals surface area (Å²) in [6, 6.07) is 9.07. The molecule has 5 heteroatoms. The third-order valence-corrected chi connectivity index (χ3v) is 3.49. The van der Waals surface area contributed by atoms with Gasteiger partial charge in [-0.05, 0) is 24.0 Å². The largest absolute Gasteiger partial charge is 0.481 e. The molecule has 2 unspecified atom stereocenters. The van der Waals surface area contributed by atoms with E-state index in [9.17, 15) is 15.0 Å². The number of hydrogen-bond acceptors (Lipinski definition) is 4. The SMILES string of the molecule is N#CC1(c2cccc(C(O)C(O)CC(=O)O)c2)CC1. The summed E-state index contributed by atoms with van der Waals surface area (Å²) in [5.74, 6) is -1.17. The van der Waals surface area contributed by atoms with Gasteiger partial charge in [0.05, 0.1) is 24.0 Å². The van der Waals surface area contributed by atoms with Crippen LogP contribution < -0.4 is 0 Å². The Morgan fingerprint density at radius 2 is 2.11 bits per heavy atom. The maximum Gasteiger partial charge on any atom is 0.306 e. The first-order chi connectivity index (χ1) is 8.98. The number of carboxylic acids is 1. The second-order valence-electron chi connectivity index (χ2n) is 4.93. The quantitative estimate of drug-likeness (QED) is 0.737. The normalized spacial score (nSPS) is 19.2. The summed E-state index contributed by atoms with van der Waals surface area (Å²) in [7, 11) is 0. The molecule has 0 aliphatic heterocycles. The average Bonchev–Trinajstić information content (AvgIpc) is 3.18. The number of nitrogens with zero attached hydrogens (tertiary/aromatic N) is 1. The lowest BCUT2D eigenvalue weighted by atomic mass is 9.93. The van der Waals surface area contributed by atoms with Crippen LogP contribution in [0.5, 0.6) is 0 Å². The molecule has 1 fully saturated rings. The first-order valence-electron chi connectivity index (χ1n) is 6.08. The van der Waals surface area contributed by atoms with Gasteiger partial charge in [0.1, 0.15) is 6.10 Å². The third-order valence-electron chi connectivity index (χ3n) is 3.49. The van der Waals surface area contributed by atoms with Crippen LogP contribution in [0.4, 0.5) is 0 Å². The summed E-state index contributed by atoms with van der Waals surface area (Å²) in [6.45, 7) is 0. The van der Waals surface area contributed by atoms with Crippen LogP contribution >= 0.6 is 0 Å². The van der Waals surface area contributed by atoms with Crippen molar-refractivity contribution in [2.24, 2.45) is 0 Å². The van der Waals surface area contributed by atoms with Crippen LogP contribution in [0.25, 0.3) is 0 Å². The topological polar surface area (TPSA) is 102 Å². The molecule has 19 heavy (non-hydrogen) atoms. The fraction of sp³-hybridized carbons (Fsp3) is 0.429. The Labute approximate surface area is 110 Å². The zero-order valence-electron chi connectivity index (χ0n) is 10.3. The maximum atomic E-state index is 10.5. The van der Waals surface area contributed by atoms with Gasteiger partial charge in [0.25, 0.3) is 0 Å². The zero-order chi connectivity index (χ0) is 14.0. The van der Waals surface area contributed by atoms with Crippen LogP contribution in [-0.4, -0.2) is 27.4 Å². The maximum absolute atomic E-state index is 10.5. The molecule has 1 aliphatic rings. The van der Waals surface area contributed by atoms with E-state index < -0.39 is 30.0 Å². The highest BCUT2D eigenvalue weighted by Gasteiger charge is 2.45. The van der Waals surface area contributed by atoms with Crippen molar-refractivity contribution in [2.45, 2.75) is 36.9 Å². The molecule has 100 valence electrons. The molecule has 1 aromatic carbocycles. The number of nitriles is 1. The van der Waals surface area contributed by atoms with Crippen molar-refractivity contribution in [1.29, 1.82) is 5.26 Å². The van der Waals surface area contributed by atoms with Crippen LogP contribution in [-0.2, 0) is 10.2 Å². The van der Waals surface area contributed by atoms with Crippen molar-refractivity contribution in [1.82, 2.24) is 0 Å². The molecule has 5 nitrogen and oxygen atoms in total. The molecule has 0 saturated heterocycles. The van der Waals surface area contributed by atoms with Crippen LogP contribution in [0.2, 0.25) is 0 Å². The Kier molecular flexibility index (Phi) is 3.56. The van der Waals surface area contributed by atoms with Crippen molar-refractivity contribution < 1.29 is 20.1 Å². The number of hydrogen-bond donors (Lipinski definition) is 3. The van der Waals surface area contributed by atoms with Gasteiger partial charge in [-0.1, -0.05) is 24.3 Å². The lowest BCUT2D eigenvalue weighted by Gasteiger charge is -2.18. The van der Waals surface area contributed by atoms with Gasteiger partial charge in [-0.2, -0.15) is 5.26 Å². The van der Waals surface area contributed by atoms with Gasteiger partial charge in [0.2, 0.25) is 0 Å². The number of aliphatic carboxylic acids is 1. The molecule has 1 saturated carbocycles. The minimum absolute atomic E-state index is 0.438. The highest BCUT2D eigenvalue weighted by atomic mass is 16.4. The predicted octanol–water partition coefficient (Wildman–Crippen LogP) is 1.11. The standard InChI is InChI=1S/C14H15NO4/c15-8-14(4-5-14)10-3-1-2-9(6-10)13(19)11(16)7-12(17)18/h1-3,6,11,13,16,19H,4-5,7H2,(H,17,18). The lowest BCUT2D eigenvalue weighted by molar-refractivity contribution is -0.141. The minimum atomic E-state index is -1.36. The van der Waals surface area contributed by atoms with Gasteiger partial charge in [-0.15, -0.1) is 0 Å². The van der Waals surface area contributed by atoms with Gasteiger partial charge in [-0.3, -0.25) is 4.79 Å². The number of carboxylic acid groups (broad SMARTS) is 1. The molecule has 2 atom stereocenters. The fourth-order valence-electron chi connectivity index (χ4n) is 2.12. The number of carbonyl (C=O) groups is 1. The Morgan fingerprint density at radius 3 is 2.63 bits per heavy atom. The van der Waals surface area contributed by atoms with E-state index in [1.165, 1.54) is 0 Å². The summed E-state index contributed by atoms with van der Waals surface area (Å²) >= 11 is 0. The summed E-state index contributed by atoms with van der Waals surface area (Å²) in [4.78, 5) is 10.5. The van der Waals surface area contributed by atoms with Crippen molar-refractivity contribution >= 4 is 5.97 Å². The molecule has 3 N–H and O–H groups in total. The molecule has 0 amide bonds. The van der Waals surface area contributed by atoms with Gasteiger partial charge in [0, 0.05) is 0 Å². The second-order valence-corrected chi connectivity index (χ2v) is 4.93. The summed E-state index contributed by atoms with van der Waals surface area (Å²) in [5.41, 5.74) is 0.787. The number of rotatable bonds is 5. The van der Waals surface area contributed by atoms with E-state index in [1.54, 1.807) is 18.2 Å². The van der Waals surface area contributed by atoms with Gasteiger partial charge in [-0.25, -0.2) is 0 Å². The van der Waals surface area contributed by atoms with E-state index in [0.717, 1.165) is 18.4 Å². The number of aliphatic hydroxyl groups excluding tert-OH is 2. The van der Waals surface area contributed by atoms with Crippen LogP contribution in [0, 0.1) is 11.3 Å². The lowest BCUT2D eigenvalue weighted by Crippen LogP contribution is -2.22. The number of benzene rings is 1. The monoisotopic (exact) mass is 261 g/mol. The molecule has 0 spiro atoms. The van der Waals surface area contributed by atoms with Crippen molar-refractivity contribution in [3.63, 3.8) is 0 Å². The molecule has 1 aromatic rings. The van der Waals surface area contributed by atoms with Crippen LogP contribution in [0.1, 0.15) is 36.5 Å². The van der Waals surface area contributed by atoms with E-state index in [4.69, 9.17) is 10.4 Å². The summed E-state index contributed by atoms with van der Waals surface area (Å²) in [6.07, 6.45) is -1.55.